The Morgan fingerprint density at radius 2 is 2.18 bits per heavy atom. The number of nitrogens with zero attached hydrogens (tertiary/aromatic N) is 1. The van der Waals surface area contributed by atoms with Crippen LogP contribution in [0, 0.1) is 17.1 Å². The zero-order valence-corrected chi connectivity index (χ0v) is 10.0. The van der Waals surface area contributed by atoms with E-state index in [2.05, 4.69) is 11.8 Å². The summed E-state index contributed by atoms with van der Waals surface area (Å²) in [6, 6.07) is 5.29. The molecule has 2 aliphatic rings. The molecule has 1 aliphatic carbocycles. The summed E-state index contributed by atoms with van der Waals surface area (Å²) in [5, 5.41) is 8.17. The first-order chi connectivity index (χ1) is 8.15. The van der Waals surface area contributed by atoms with Gasteiger partial charge in [0.15, 0.2) is 0 Å². The number of amidine groups is 1. The summed E-state index contributed by atoms with van der Waals surface area (Å²) in [6.07, 6.45) is 3.58. The second kappa shape index (κ2) is 3.83. The molecule has 1 aromatic rings. The number of nitrogens with one attached hydrogen (secondary N) is 1. The highest BCUT2D eigenvalue weighted by atomic mass is 19.1. The van der Waals surface area contributed by atoms with Crippen LogP contribution in [-0.2, 0) is 6.54 Å². The van der Waals surface area contributed by atoms with E-state index < -0.39 is 0 Å². The van der Waals surface area contributed by atoms with E-state index >= 15 is 0 Å². The van der Waals surface area contributed by atoms with Gasteiger partial charge in [0.2, 0.25) is 0 Å². The maximum Gasteiger partial charge on any atom is 0.129 e. The van der Waals surface area contributed by atoms with Crippen molar-refractivity contribution in [2.75, 3.05) is 0 Å². The van der Waals surface area contributed by atoms with Crippen molar-refractivity contribution >= 4 is 5.84 Å². The first-order valence-electron chi connectivity index (χ1n) is 6.29. The fourth-order valence-corrected chi connectivity index (χ4v) is 3.10. The standard InChI is InChI=1S/C14H17FN2/c1-9-2-5-12(6-9)17-8-10-3-4-11(15)7-13(10)14(17)16/h3-4,7,9,12,16H,2,5-6,8H2,1H3. The zero-order valence-electron chi connectivity index (χ0n) is 10.0. The summed E-state index contributed by atoms with van der Waals surface area (Å²) in [5.41, 5.74) is 1.88. The molecule has 0 radical (unpaired) electrons. The van der Waals surface area contributed by atoms with Crippen LogP contribution >= 0.6 is 0 Å². The first kappa shape index (κ1) is 10.8. The minimum atomic E-state index is -0.241. The SMILES string of the molecule is CC1CCC(N2Cc3ccc(F)cc3C2=N)C1. The maximum atomic E-state index is 13.2. The van der Waals surface area contributed by atoms with Crippen LogP contribution in [0.25, 0.3) is 0 Å². The van der Waals surface area contributed by atoms with Crippen LogP contribution in [0.2, 0.25) is 0 Å². The molecule has 1 heterocycles. The summed E-state index contributed by atoms with van der Waals surface area (Å²) in [6.45, 7) is 3.05. The molecule has 2 nitrogen and oxygen atoms in total. The largest absolute Gasteiger partial charge is 0.349 e. The second-order valence-electron chi connectivity index (χ2n) is 5.35. The molecule has 3 rings (SSSR count). The van der Waals surface area contributed by atoms with Gasteiger partial charge in [-0.1, -0.05) is 13.0 Å². The maximum absolute atomic E-state index is 13.2. The lowest BCUT2D eigenvalue weighted by Crippen LogP contribution is -2.33. The van der Waals surface area contributed by atoms with Crippen LogP contribution in [0.4, 0.5) is 4.39 Å². The van der Waals surface area contributed by atoms with Gasteiger partial charge in [-0.15, -0.1) is 0 Å². The van der Waals surface area contributed by atoms with E-state index in [0.29, 0.717) is 11.9 Å². The third kappa shape index (κ3) is 1.74. The third-order valence-corrected chi connectivity index (χ3v) is 4.06. The minimum Gasteiger partial charge on any atom is -0.349 e. The fraction of sp³-hybridized carbons (Fsp3) is 0.500. The van der Waals surface area contributed by atoms with Crippen molar-refractivity contribution in [3.63, 3.8) is 0 Å². The number of rotatable bonds is 1. The highest BCUT2D eigenvalue weighted by Crippen LogP contribution is 2.34. The Bertz CT molecular complexity index is 469. The molecular formula is C14H17FN2. The van der Waals surface area contributed by atoms with Crippen LogP contribution in [-0.4, -0.2) is 16.8 Å². The number of halogens is 1. The number of hydrogen-bond donors (Lipinski definition) is 1. The van der Waals surface area contributed by atoms with Crippen LogP contribution < -0.4 is 0 Å². The third-order valence-electron chi connectivity index (χ3n) is 4.06. The van der Waals surface area contributed by atoms with Gasteiger partial charge in [-0.3, -0.25) is 5.41 Å². The quantitative estimate of drug-likeness (QED) is 0.791. The zero-order chi connectivity index (χ0) is 12.0. The van der Waals surface area contributed by atoms with Gasteiger partial charge in [-0.25, -0.2) is 4.39 Å². The molecule has 1 saturated carbocycles. The number of hydrogen-bond acceptors (Lipinski definition) is 1. The summed E-state index contributed by atoms with van der Waals surface area (Å²) in [7, 11) is 0. The van der Waals surface area contributed by atoms with Crippen molar-refractivity contribution in [3.8, 4) is 0 Å². The van der Waals surface area contributed by atoms with Crippen LogP contribution in [0.5, 0.6) is 0 Å². The predicted octanol–water partition coefficient (Wildman–Crippen LogP) is 3.16. The lowest BCUT2D eigenvalue weighted by atomic mass is 10.1. The van der Waals surface area contributed by atoms with Gasteiger partial charge in [0, 0.05) is 18.2 Å². The van der Waals surface area contributed by atoms with Crippen molar-refractivity contribution in [2.45, 2.75) is 38.8 Å². The van der Waals surface area contributed by atoms with E-state index in [0.717, 1.165) is 23.6 Å². The van der Waals surface area contributed by atoms with Gasteiger partial charge in [-0.05, 0) is 42.9 Å². The average molecular weight is 232 g/mol. The lowest BCUT2D eigenvalue weighted by Gasteiger charge is -2.25. The molecule has 17 heavy (non-hydrogen) atoms. The lowest BCUT2D eigenvalue weighted by molar-refractivity contribution is 0.312. The molecule has 1 aromatic carbocycles. The van der Waals surface area contributed by atoms with E-state index in [9.17, 15) is 4.39 Å². The summed E-state index contributed by atoms with van der Waals surface area (Å²) < 4.78 is 13.2. The highest BCUT2D eigenvalue weighted by Gasteiger charge is 2.33. The Hall–Kier alpha value is -1.38. The second-order valence-corrected chi connectivity index (χ2v) is 5.35. The van der Waals surface area contributed by atoms with Crippen molar-refractivity contribution in [1.29, 1.82) is 5.41 Å². The van der Waals surface area contributed by atoms with Crippen LogP contribution in [0.1, 0.15) is 37.3 Å². The molecule has 1 N–H and O–H groups in total. The summed E-state index contributed by atoms with van der Waals surface area (Å²) >= 11 is 0. The van der Waals surface area contributed by atoms with E-state index in [1.165, 1.54) is 31.4 Å². The van der Waals surface area contributed by atoms with Gasteiger partial charge in [0.25, 0.3) is 0 Å². The van der Waals surface area contributed by atoms with E-state index in [1.54, 1.807) is 0 Å². The molecule has 2 unspecified atom stereocenters. The average Bonchev–Trinajstić information content (AvgIpc) is 2.84. The summed E-state index contributed by atoms with van der Waals surface area (Å²) in [4.78, 5) is 2.15. The number of fused-ring (bicyclic) bond motifs is 1. The number of benzene rings is 1. The Morgan fingerprint density at radius 1 is 1.35 bits per heavy atom. The van der Waals surface area contributed by atoms with Crippen molar-refractivity contribution < 1.29 is 4.39 Å². The molecule has 2 atom stereocenters. The normalized spacial score (nSPS) is 27.6. The summed E-state index contributed by atoms with van der Waals surface area (Å²) in [5.74, 6) is 1.03. The molecular weight excluding hydrogens is 215 g/mol. The van der Waals surface area contributed by atoms with Crippen molar-refractivity contribution in [1.82, 2.24) is 4.90 Å². The van der Waals surface area contributed by atoms with Gasteiger partial charge >= 0.3 is 0 Å². The smallest absolute Gasteiger partial charge is 0.129 e. The molecule has 0 saturated heterocycles. The molecule has 0 amide bonds. The van der Waals surface area contributed by atoms with E-state index in [1.807, 2.05) is 6.07 Å². The molecule has 3 heteroatoms. The topological polar surface area (TPSA) is 27.1 Å². The molecule has 0 bridgehead atoms. The first-order valence-corrected chi connectivity index (χ1v) is 6.29. The Morgan fingerprint density at radius 3 is 2.88 bits per heavy atom. The Kier molecular flexibility index (Phi) is 2.42. The van der Waals surface area contributed by atoms with Gasteiger partial charge < -0.3 is 4.90 Å². The molecule has 90 valence electrons. The predicted molar refractivity (Wildman–Crippen MR) is 65.6 cm³/mol. The Balaban J connectivity index is 1.86. The Labute approximate surface area is 101 Å². The molecule has 1 aliphatic heterocycles. The minimum absolute atomic E-state index is 0.241. The van der Waals surface area contributed by atoms with Crippen molar-refractivity contribution in [2.24, 2.45) is 5.92 Å². The van der Waals surface area contributed by atoms with Crippen LogP contribution in [0.15, 0.2) is 18.2 Å². The van der Waals surface area contributed by atoms with E-state index in [4.69, 9.17) is 5.41 Å². The molecule has 0 aromatic heterocycles. The molecule has 1 fully saturated rings. The highest BCUT2D eigenvalue weighted by molar-refractivity contribution is 6.00. The van der Waals surface area contributed by atoms with Crippen LogP contribution in [0.3, 0.4) is 0 Å². The van der Waals surface area contributed by atoms with Gasteiger partial charge in [0.1, 0.15) is 11.7 Å². The fourth-order valence-electron chi connectivity index (χ4n) is 3.10. The van der Waals surface area contributed by atoms with E-state index in [-0.39, 0.29) is 5.82 Å². The van der Waals surface area contributed by atoms with Gasteiger partial charge in [0.05, 0.1) is 0 Å². The monoisotopic (exact) mass is 232 g/mol. The van der Waals surface area contributed by atoms with Crippen molar-refractivity contribution in [3.05, 3.63) is 35.1 Å². The molecule has 0 spiro atoms. The van der Waals surface area contributed by atoms with Gasteiger partial charge in [-0.2, -0.15) is 0 Å².